The SMILES string of the molecule is CCC1CCC(C(CCc2cnn(C)c2)NN)CC1. The summed E-state index contributed by atoms with van der Waals surface area (Å²) < 4.78 is 1.87. The van der Waals surface area contributed by atoms with E-state index in [0.29, 0.717) is 6.04 Å². The van der Waals surface area contributed by atoms with Crippen LogP contribution in [0.5, 0.6) is 0 Å². The molecule has 0 saturated heterocycles. The molecule has 0 radical (unpaired) electrons. The van der Waals surface area contributed by atoms with Crippen LogP contribution in [0, 0.1) is 11.8 Å². The average Bonchev–Trinajstić information content (AvgIpc) is 2.86. The van der Waals surface area contributed by atoms with Gasteiger partial charge in [0, 0.05) is 19.3 Å². The normalized spacial score (nSPS) is 25.4. The molecule has 1 aliphatic carbocycles. The number of hydrazine groups is 1. The highest BCUT2D eigenvalue weighted by atomic mass is 15.2. The first-order valence-corrected chi connectivity index (χ1v) is 7.66. The van der Waals surface area contributed by atoms with E-state index in [1.54, 1.807) is 0 Å². The van der Waals surface area contributed by atoms with Crippen molar-refractivity contribution in [2.45, 2.75) is 57.9 Å². The van der Waals surface area contributed by atoms with Crippen LogP contribution in [-0.2, 0) is 13.5 Å². The highest BCUT2D eigenvalue weighted by Gasteiger charge is 2.26. The third kappa shape index (κ3) is 4.05. The lowest BCUT2D eigenvalue weighted by Gasteiger charge is -2.33. The zero-order chi connectivity index (χ0) is 13.7. The number of aromatic nitrogens is 2. The van der Waals surface area contributed by atoms with Crippen LogP contribution in [0.2, 0.25) is 0 Å². The smallest absolute Gasteiger partial charge is 0.0521 e. The molecule has 0 bridgehead atoms. The molecule has 1 heterocycles. The van der Waals surface area contributed by atoms with Crippen molar-refractivity contribution in [3.05, 3.63) is 18.0 Å². The van der Waals surface area contributed by atoms with Gasteiger partial charge in [-0.15, -0.1) is 0 Å². The van der Waals surface area contributed by atoms with Crippen LogP contribution in [0.25, 0.3) is 0 Å². The molecule has 1 atom stereocenters. The van der Waals surface area contributed by atoms with Gasteiger partial charge in [-0.25, -0.2) is 0 Å². The summed E-state index contributed by atoms with van der Waals surface area (Å²) in [5.41, 5.74) is 4.36. The molecule has 1 aromatic heterocycles. The molecule has 0 aromatic carbocycles. The van der Waals surface area contributed by atoms with Gasteiger partial charge >= 0.3 is 0 Å². The number of rotatable bonds is 6. The first-order valence-electron chi connectivity index (χ1n) is 7.66. The predicted molar refractivity (Wildman–Crippen MR) is 78.4 cm³/mol. The van der Waals surface area contributed by atoms with Crippen molar-refractivity contribution in [2.75, 3.05) is 0 Å². The molecular weight excluding hydrogens is 236 g/mol. The van der Waals surface area contributed by atoms with E-state index < -0.39 is 0 Å². The van der Waals surface area contributed by atoms with Crippen molar-refractivity contribution in [2.24, 2.45) is 24.7 Å². The zero-order valence-corrected chi connectivity index (χ0v) is 12.3. The fourth-order valence-corrected chi connectivity index (χ4v) is 3.38. The summed E-state index contributed by atoms with van der Waals surface area (Å²) in [4.78, 5) is 0. The lowest BCUT2D eigenvalue weighted by molar-refractivity contribution is 0.212. The highest BCUT2D eigenvalue weighted by Crippen LogP contribution is 2.33. The fraction of sp³-hybridized carbons (Fsp3) is 0.800. The quantitative estimate of drug-likeness (QED) is 0.613. The van der Waals surface area contributed by atoms with E-state index in [4.69, 9.17) is 5.84 Å². The number of nitrogens with one attached hydrogen (secondary N) is 1. The van der Waals surface area contributed by atoms with Crippen molar-refractivity contribution < 1.29 is 0 Å². The van der Waals surface area contributed by atoms with Gasteiger partial charge in [-0.2, -0.15) is 5.10 Å². The molecule has 0 aliphatic heterocycles. The number of hydrogen-bond acceptors (Lipinski definition) is 3. The van der Waals surface area contributed by atoms with E-state index >= 15 is 0 Å². The van der Waals surface area contributed by atoms with Crippen LogP contribution in [-0.4, -0.2) is 15.8 Å². The second kappa shape index (κ2) is 7.06. The predicted octanol–water partition coefficient (Wildman–Crippen LogP) is 2.40. The van der Waals surface area contributed by atoms with Crippen LogP contribution in [0.4, 0.5) is 0 Å². The van der Waals surface area contributed by atoms with Gasteiger partial charge in [0.15, 0.2) is 0 Å². The second-order valence-corrected chi connectivity index (χ2v) is 6.02. The summed E-state index contributed by atoms with van der Waals surface area (Å²) >= 11 is 0. The van der Waals surface area contributed by atoms with Crippen molar-refractivity contribution in [3.8, 4) is 0 Å². The average molecular weight is 264 g/mol. The van der Waals surface area contributed by atoms with E-state index in [-0.39, 0.29) is 0 Å². The Morgan fingerprint density at radius 2 is 2.16 bits per heavy atom. The molecule has 1 saturated carbocycles. The zero-order valence-electron chi connectivity index (χ0n) is 12.3. The van der Waals surface area contributed by atoms with Crippen LogP contribution in [0.15, 0.2) is 12.4 Å². The molecule has 0 amide bonds. The minimum atomic E-state index is 0.456. The van der Waals surface area contributed by atoms with Gasteiger partial charge in [-0.1, -0.05) is 26.2 Å². The summed E-state index contributed by atoms with van der Waals surface area (Å²) in [5.74, 6) is 7.48. The van der Waals surface area contributed by atoms with E-state index in [0.717, 1.165) is 24.7 Å². The molecule has 2 rings (SSSR count). The maximum atomic E-state index is 5.77. The Morgan fingerprint density at radius 3 is 2.68 bits per heavy atom. The van der Waals surface area contributed by atoms with Crippen LogP contribution in [0.3, 0.4) is 0 Å². The Hall–Kier alpha value is -0.870. The summed E-state index contributed by atoms with van der Waals surface area (Å²) in [6, 6.07) is 0.456. The molecule has 1 fully saturated rings. The number of nitrogens with zero attached hydrogens (tertiary/aromatic N) is 2. The van der Waals surface area contributed by atoms with Gasteiger partial charge in [-0.3, -0.25) is 16.0 Å². The van der Waals surface area contributed by atoms with Crippen molar-refractivity contribution in [1.82, 2.24) is 15.2 Å². The van der Waals surface area contributed by atoms with Gasteiger partial charge < -0.3 is 0 Å². The number of nitrogens with two attached hydrogens (primary N) is 1. The van der Waals surface area contributed by atoms with E-state index in [1.807, 2.05) is 17.9 Å². The van der Waals surface area contributed by atoms with Gasteiger partial charge in [0.25, 0.3) is 0 Å². The summed E-state index contributed by atoms with van der Waals surface area (Å²) in [5, 5.41) is 4.22. The molecule has 3 N–H and O–H groups in total. The maximum absolute atomic E-state index is 5.77. The third-order valence-electron chi connectivity index (χ3n) is 4.75. The molecule has 1 aliphatic rings. The van der Waals surface area contributed by atoms with Gasteiger partial charge in [-0.05, 0) is 43.1 Å². The highest BCUT2D eigenvalue weighted by molar-refractivity contribution is 5.04. The Labute approximate surface area is 116 Å². The standard InChI is InChI=1S/C15H28N4/c1-3-12-4-7-14(8-5-12)15(18-16)9-6-13-10-17-19(2)11-13/h10-12,14-15,18H,3-9,16H2,1-2H3. The van der Waals surface area contributed by atoms with Crippen LogP contribution in [0.1, 0.15) is 51.0 Å². The van der Waals surface area contributed by atoms with Gasteiger partial charge in [0.2, 0.25) is 0 Å². The molecule has 1 unspecified atom stereocenters. The van der Waals surface area contributed by atoms with E-state index in [2.05, 4.69) is 23.6 Å². The Bertz CT molecular complexity index is 366. The van der Waals surface area contributed by atoms with Gasteiger partial charge in [0.1, 0.15) is 0 Å². The van der Waals surface area contributed by atoms with Crippen molar-refractivity contribution in [3.63, 3.8) is 0 Å². The Balaban J connectivity index is 1.80. The molecule has 0 spiro atoms. The molecule has 108 valence electrons. The second-order valence-electron chi connectivity index (χ2n) is 6.02. The summed E-state index contributed by atoms with van der Waals surface area (Å²) in [7, 11) is 1.97. The van der Waals surface area contributed by atoms with Crippen LogP contribution >= 0.6 is 0 Å². The molecule has 4 nitrogen and oxygen atoms in total. The topological polar surface area (TPSA) is 55.9 Å². The van der Waals surface area contributed by atoms with Crippen LogP contribution < -0.4 is 11.3 Å². The largest absolute Gasteiger partial charge is 0.276 e. The summed E-state index contributed by atoms with van der Waals surface area (Å²) in [6.07, 6.45) is 13.0. The third-order valence-corrected chi connectivity index (χ3v) is 4.75. The van der Waals surface area contributed by atoms with E-state index in [9.17, 15) is 0 Å². The minimum absolute atomic E-state index is 0.456. The Kier molecular flexibility index (Phi) is 5.40. The molecule has 19 heavy (non-hydrogen) atoms. The van der Waals surface area contributed by atoms with Crippen molar-refractivity contribution in [1.29, 1.82) is 0 Å². The molecular formula is C15H28N4. The van der Waals surface area contributed by atoms with Crippen molar-refractivity contribution >= 4 is 0 Å². The lowest BCUT2D eigenvalue weighted by Crippen LogP contribution is -2.42. The maximum Gasteiger partial charge on any atom is 0.0521 e. The molecule has 1 aromatic rings. The lowest BCUT2D eigenvalue weighted by atomic mass is 9.76. The minimum Gasteiger partial charge on any atom is -0.276 e. The summed E-state index contributed by atoms with van der Waals surface area (Å²) in [6.45, 7) is 2.31. The number of aryl methyl sites for hydroxylation is 2. The first kappa shape index (κ1) is 14.5. The monoisotopic (exact) mass is 264 g/mol. The van der Waals surface area contributed by atoms with Gasteiger partial charge in [0.05, 0.1) is 6.20 Å². The molecule has 4 heteroatoms. The fourth-order valence-electron chi connectivity index (χ4n) is 3.38. The van der Waals surface area contributed by atoms with E-state index in [1.165, 1.54) is 37.7 Å². The Morgan fingerprint density at radius 1 is 1.42 bits per heavy atom. The number of hydrogen-bond donors (Lipinski definition) is 2. The first-order chi connectivity index (χ1) is 9.22.